The van der Waals surface area contributed by atoms with Gasteiger partial charge in [-0.1, -0.05) is 42.5 Å². The Morgan fingerprint density at radius 1 is 0.925 bits per heavy atom. The third kappa shape index (κ3) is 12.1. The van der Waals surface area contributed by atoms with Gasteiger partial charge in [0.05, 0.1) is 0 Å². The van der Waals surface area contributed by atoms with E-state index in [1.807, 2.05) is 24.3 Å². The Labute approximate surface area is 232 Å². The molecule has 216 valence electrons. The molecule has 40 heavy (non-hydrogen) atoms. The number of nitrogens with one attached hydrogen (secondary N) is 1. The average molecular weight is 557 g/mol. The maximum absolute atomic E-state index is 13.5. The first-order chi connectivity index (χ1) is 18.8. The molecule has 13 heteroatoms. The SMILES string of the molecule is CC(=O)O.CC(=O)O.NC(=O)C1Cc2ccccc2CN1C(=O)C(CCCN=C(N)N)NC(=O)c1ccccc1. The maximum atomic E-state index is 13.5. The van der Waals surface area contributed by atoms with E-state index in [1.165, 1.54) is 4.90 Å². The molecule has 0 saturated carbocycles. The van der Waals surface area contributed by atoms with Crippen LogP contribution in [-0.2, 0) is 32.1 Å². The Balaban J connectivity index is 0.000000883. The summed E-state index contributed by atoms with van der Waals surface area (Å²) in [6, 6.07) is 14.6. The number of nitrogens with zero attached hydrogens (tertiary/aromatic N) is 2. The van der Waals surface area contributed by atoms with Crippen molar-refractivity contribution in [3.63, 3.8) is 0 Å². The number of benzene rings is 2. The second-order valence-corrected chi connectivity index (χ2v) is 8.74. The lowest BCUT2D eigenvalue weighted by atomic mass is 9.92. The number of carboxylic acid groups (broad SMARTS) is 2. The molecule has 3 rings (SSSR count). The normalized spacial score (nSPS) is 13.9. The molecular formula is C27H36N6O7. The molecule has 3 amide bonds. The fourth-order valence-electron chi connectivity index (χ4n) is 3.80. The first kappa shape index (κ1) is 33.1. The van der Waals surface area contributed by atoms with Crippen LogP contribution in [0.5, 0.6) is 0 Å². The summed E-state index contributed by atoms with van der Waals surface area (Å²) in [7, 11) is 0. The molecule has 0 radical (unpaired) electrons. The fourth-order valence-corrected chi connectivity index (χ4v) is 3.80. The van der Waals surface area contributed by atoms with Crippen LogP contribution in [0.15, 0.2) is 59.6 Å². The first-order valence-electron chi connectivity index (χ1n) is 12.3. The minimum atomic E-state index is -0.857. The third-order valence-electron chi connectivity index (χ3n) is 5.44. The van der Waals surface area contributed by atoms with Crippen LogP contribution in [0.4, 0.5) is 0 Å². The Hall–Kier alpha value is -4.94. The summed E-state index contributed by atoms with van der Waals surface area (Å²) in [6.07, 6.45) is 1.11. The lowest BCUT2D eigenvalue weighted by Gasteiger charge is -2.37. The molecule has 1 heterocycles. The van der Waals surface area contributed by atoms with Gasteiger partial charge in [0, 0.05) is 38.9 Å². The molecule has 2 aromatic rings. The number of rotatable bonds is 8. The molecule has 13 nitrogen and oxygen atoms in total. The smallest absolute Gasteiger partial charge is 0.300 e. The number of amides is 3. The van der Waals surface area contributed by atoms with Crippen LogP contribution in [-0.4, -0.2) is 69.4 Å². The van der Waals surface area contributed by atoms with Gasteiger partial charge in [-0.3, -0.25) is 29.0 Å². The number of guanidine groups is 1. The van der Waals surface area contributed by atoms with Crippen molar-refractivity contribution in [1.29, 1.82) is 0 Å². The van der Waals surface area contributed by atoms with Crippen molar-refractivity contribution in [2.45, 2.75) is 51.7 Å². The number of primary amides is 1. The van der Waals surface area contributed by atoms with Crippen LogP contribution < -0.4 is 22.5 Å². The zero-order chi connectivity index (χ0) is 30.2. The number of carbonyl (C=O) groups excluding carboxylic acids is 3. The van der Waals surface area contributed by atoms with Gasteiger partial charge < -0.3 is 37.6 Å². The summed E-state index contributed by atoms with van der Waals surface area (Å²) in [5.74, 6) is -3.03. The Kier molecular flexibility index (Phi) is 13.9. The molecule has 1 aliphatic heterocycles. The van der Waals surface area contributed by atoms with Crippen LogP contribution >= 0.6 is 0 Å². The Bertz CT molecular complexity index is 1180. The van der Waals surface area contributed by atoms with Gasteiger partial charge in [-0.05, 0) is 36.1 Å². The highest BCUT2D eigenvalue weighted by Gasteiger charge is 2.36. The van der Waals surface area contributed by atoms with Gasteiger partial charge in [-0.25, -0.2) is 0 Å². The standard InChI is InChI=1S/C23H28N6O3.2C2H4O2/c24-20(30)19-13-16-9-4-5-10-17(16)14-29(19)22(32)18(11-6-12-27-23(25)26)28-21(31)15-7-2-1-3-8-15;2*1-2(3)4/h1-5,7-10,18-19H,6,11-14H2,(H2,24,30)(H,28,31)(H4,25,26,27);2*1H3,(H,3,4). The molecule has 0 bridgehead atoms. The van der Waals surface area contributed by atoms with Crippen LogP contribution in [0.3, 0.4) is 0 Å². The van der Waals surface area contributed by atoms with Gasteiger partial charge in [-0.15, -0.1) is 0 Å². The molecule has 9 N–H and O–H groups in total. The second-order valence-electron chi connectivity index (χ2n) is 8.74. The van der Waals surface area contributed by atoms with E-state index in [0.717, 1.165) is 25.0 Å². The van der Waals surface area contributed by atoms with E-state index in [2.05, 4.69) is 10.3 Å². The van der Waals surface area contributed by atoms with Gasteiger partial charge in [0.15, 0.2) is 5.96 Å². The predicted molar refractivity (Wildman–Crippen MR) is 148 cm³/mol. The molecule has 0 aromatic heterocycles. The minimum absolute atomic E-state index is 0.0392. The van der Waals surface area contributed by atoms with Crippen molar-refractivity contribution in [3.8, 4) is 0 Å². The summed E-state index contributed by atoms with van der Waals surface area (Å²) >= 11 is 0. The van der Waals surface area contributed by atoms with E-state index in [4.69, 9.17) is 37.0 Å². The van der Waals surface area contributed by atoms with Crippen molar-refractivity contribution in [3.05, 3.63) is 71.3 Å². The maximum Gasteiger partial charge on any atom is 0.300 e. The summed E-state index contributed by atoms with van der Waals surface area (Å²) < 4.78 is 0. The van der Waals surface area contributed by atoms with Crippen LogP contribution in [0, 0.1) is 0 Å². The lowest BCUT2D eigenvalue weighted by molar-refractivity contribution is -0.142. The Morgan fingerprint density at radius 2 is 1.45 bits per heavy atom. The average Bonchev–Trinajstić information content (AvgIpc) is 2.88. The highest BCUT2D eigenvalue weighted by Crippen LogP contribution is 2.24. The molecule has 0 saturated heterocycles. The molecule has 0 fully saturated rings. The number of hydrogen-bond donors (Lipinski definition) is 6. The lowest BCUT2D eigenvalue weighted by Crippen LogP contribution is -2.57. The van der Waals surface area contributed by atoms with Crippen LogP contribution in [0.1, 0.15) is 48.2 Å². The number of aliphatic imine (C=N–C) groups is 1. The van der Waals surface area contributed by atoms with E-state index in [9.17, 15) is 14.4 Å². The quantitative estimate of drug-likeness (QED) is 0.150. The Morgan fingerprint density at radius 3 is 1.98 bits per heavy atom. The predicted octanol–water partition coefficient (Wildman–Crippen LogP) is 0.459. The fraction of sp³-hybridized carbons (Fsp3) is 0.333. The van der Waals surface area contributed by atoms with Crippen LogP contribution in [0.2, 0.25) is 0 Å². The number of carbonyl (C=O) groups is 5. The molecule has 0 spiro atoms. The van der Waals surface area contributed by atoms with E-state index in [0.29, 0.717) is 31.4 Å². The van der Waals surface area contributed by atoms with Crippen molar-refractivity contribution in [1.82, 2.24) is 10.2 Å². The summed E-state index contributed by atoms with van der Waals surface area (Å²) in [6.45, 7) is 2.73. The molecule has 2 atom stereocenters. The highest BCUT2D eigenvalue weighted by atomic mass is 16.4. The van der Waals surface area contributed by atoms with Gasteiger partial charge in [-0.2, -0.15) is 0 Å². The van der Waals surface area contributed by atoms with Gasteiger partial charge >= 0.3 is 0 Å². The zero-order valence-electron chi connectivity index (χ0n) is 22.4. The van der Waals surface area contributed by atoms with E-state index >= 15 is 0 Å². The minimum Gasteiger partial charge on any atom is -0.481 e. The van der Waals surface area contributed by atoms with E-state index in [1.54, 1.807) is 30.3 Å². The number of fused-ring (bicyclic) bond motifs is 1. The molecule has 2 unspecified atom stereocenters. The van der Waals surface area contributed by atoms with E-state index < -0.39 is 29.9 Å². The van der Waals surface area contributed by atoms with E-state index in [-0.39, 0.29) is 24.3 Å². The molecule has 0 aliphatic carbocycles. The largest absolute Gasteiger partial charge is 0.481 e. The first-order valence-corrected chi connectivity index (χ1v) is 12.3. The molecule has 1 aliphatic rings. The topological polar surface area (TPSA) is 232 Å². The molecule has 2 aromatic carbocycles. The number of nitrogens with two attached hydrogens (primary N) is 3. The number of hydrogen-bond acceptors (Lipinski definition) is 6. The third-order valence-corrected chi connectivity index (χ3v) is 5.44. The number of carboxylic acids is 2. The number of aliphatic carboxylic acids is 2. The van der Waals surface area contributed by atoms with Gasteiger partial charge in [0.25, 0.3) is 17.8 Å². The van der Waals surface area contributed by atoms with Gasteiger partial charge in [0.1, 0.15) is 12.1 Å². The summed E-state index contributed by atoms with van der Waals surface area (Å²) in [4.78, 5) is 61.9. The second kappa shape index (κ2) is 16.8. The molecular weight excluding hydrogens is 520 g/mol. The highest BCUT2D eigenvalue weighted by molar-refractivity contribution is 5.98. The van der Waals surface area contributed by atoms with Gasteiger partial charge in [0.2, 0.25) is 11.8 Å². The zero-order valence-corrected chi connectivity index (χ0v) is 22.4. The van der Waals surface area contributed by atoms with Crippen LogP contribution in [0.25, 0.3) is 0 Å². The summed E-state index contributed by atoms with van der Waals surface area (Å²) in [5.41, 5.74) is 18.7. The summed E-state index contributed by atoms with van der Waals surface area (Å²) in [5, 5.41) is 17.6. The van der Waals surface area contributed by atoms with Crippen molar-refractivity contribution < 1.29 is 34.2 Å². The van der Waals surface area contributed by atoms with Crippen molar-refractivity contribution in [2.75, 3.05) is 6.54 Å². The monoisotopic (exact) mass is 556 g/mol. The van der Waals surface area contributed by atoms with Crippen molar-refractivity contribution >= 4 is 35.6 Å². The van der Waals surface area contributed by atoms with Crippen molar-refractivity contribution in [2.24, 2.45) is 22.2 Å².